The van der Waals surface area contributed by atoms with Gasteiger partial charge in [0.2, 0.25) is 0 Å². The second-order valence-electron chi connectivity index (χ2n) is 6.73. The molecule has 1 aliphatic rings. The lowest BCUT2D eigenvalue weighted by atomic mass is 10.1. The van der Waals surface area contributed by atoms with E-state index in [1.54, 1.807) is 7.11 Å². The van der Waals surface area contributed by atoms with Crippen LogP contribution in [0.15, 0.2) is 67.0 Å². The molecule has 0 aliphatic carbocycles. The van der Waals surface area contributed by atoms with Crippen LogP contribution >= 0.6 is 0 Å². The highest BCUT2D eigenvalue weighted by atomic mass is 16.5. The lowest BCUT2D eigenvalue weighted by Crippen LogP contribution is -2.23. The van der Waals surface area contributed by atoms with Crippen molar-refractivity contribution in [3.05, 3.63) is 83.7 Å². The van der Waals surface area contributed by atoms with E-state index in [0.29, 0.717) is 0 Å². The predicted octanol–water partition coefficient (Wildman–Crippen LogP) is 4.33. The van der Waals surface area contributed by atoms with Gasteiger partial charge in [-0.2, -0.15) is 0 Å². The first kappa shape index (κ1) is 16.9. The zero-order valence-corrected chi connectivity index (χ0v) is 15.3. The van der Waals surface area contributed by atoms with E-state index in [1.165, 1.54) is 16.7 Å². The Morgan fingerprint density at radius 2 is 1.96 bits per heavy atom. The summed E-state index contributed by atoms with van der Waals surface area (Å²) in [7, 11) is 1.69. The van der Waals surface area contributed by atoms with E-state index in [-0.39, 0.29) is 6.23 Å². The second kappa shape index (κ2) is 7.36. The number of methoxy groups -OCH3 is 1. The van der Waals surface area contributed by atoms with Gasteiger partial charge >= 0.3 is 0 Å². The third kappa shape index (κ3) is 3.52. The Hall–Kier alpha value is -2.56. The molecule has 1 aliphatic heterocycles. The van der Waals surface area contributed by atoms with Crippen LogP contribution in [0.2, 0.25) is 0 Å². The molecular formula is C22H24N2O2. The maximum absolute atomic E-state index is 6.03. The van der Waals surface area contributed by atoms with E-state index in [0.717, 1.165) is 31.1 Å². The van der Waals surface area contributed by atoms with Crippen LogP contribution in [0.3, 0.4) is 0 Å². The van der Waals surface area contributed by atoms with Crippen molar-refractivity contribution in [1.29, 1.82) is 0 Å². The fourth-order valence-electron chi connectivity index (χ4n) is 3.39. The summed E-state index contributed by atoms with van der Waals surface area (Å²) in [6.07, 6.45) is 4.23. The predicted molar refractivity (Wildman–Crippen MR) is 103 cm³/mol. The molecule has 1 aromatic heterocycles. The SMILES string of the molecule is COc1cccc(-n2ccc([C@@H]3OCCN3Cc3ccc(C)cc3)c2)c1. The zero-order valence-electron chi connectivity index (χ0n) is 15.3. The van der Waals surface area contributed by atoms with Crippen molar-refractivity contribution in [1.82, 2.24) is 9.47 Å². The number of hydrogen-bond donors (Lipinski definition) is 0. The summed E-state index contributed by atoms with van der Waals surface area (Å²) in [4.78, 5) is 2.38. The molecule has 134 valence electrons. The van der Waals surface area contributed by atoms with Crippen LogP contribution in [0.25, 0.3) is 5.69 Å². The highest BCUT2D eigenvalue weighted by Gasteiger charge is 2.27. The Morgan fingerprint density at radius 1 is 1.12 bits per heavy atom. The Balaban J connectivity index is 1.53. The first-order chi connectivity index (χ1) is 12.7. The summed E-state index contributed by atoms with van der Waals surface area (Å²) in [5, 5.41) is 0. The summed E-state index contributed by atoms with van der Waals surface area (Å²) >= 11 is 0. The summed E-state index contributed by atoms with van der Waals surface area (Å²) in [5.41, 5.74) is 4.87. The normalized spacial score (nSPS) is 17.5. The molecule has 0 saturated carbocycles. The molecule has 4 rings (SSSR count). The van der Waals surface area contributed by atoms with Crippen LogP contribution in [-0.4, -0.2) is 29.7 Å². The molecule has 0 amide bonds. The number of ether oxygens (including phenoxy) is 2. The Kier molecular flexibility index (Phi) is 4.78. The van der Waals surface area contributed by atoms with Crippen LogP contribution < -0.4 is 4.74 Å². The summed E-state index contributed by atoms with van der Waals surface area (Å²) in [6.45, 7) is 4.73. The summed E-state index contributed by atoms with van der Waals surface area (Å²) in [6, 6.07) is 18.9. The van der Waals surface area contributed by atoms with E-state index < -0.39 is 0 Å². The molecule has 0 unspecified atom stereocenters. The van der Waals surface area contributed by atoms with Gasteiger partial charge in [0.1, 0.15) is 12.0 Å². The Morgan fingerprint density at radius 3 is 2.77 bits per heavy atom. The molecule has 2 heterocycles. The average Bonchev–Trinajstić information content (AvgIpc) is 3.33. The van der Waals surface area contributed by atoms with Crippen molar-refractivity contribution in [3.8, 4) is 11.4 Å². The summed E-state index contributed by atoms with van der Waals surface area (Å²) < 4.78 is 13.5. The number of rotatable bonds is 5. The van der Waals surface area contributed by atoms with Gasteiger partial charge in [-0.25, -0.2) is 0 Å². The van der Waals surface area contributed by atoms with Crippen molar-refractivity contribution in [3.63, 3.8) is 0 Å². The zero-order chi connectivity index (χ0) is 17.9. The van der Waals surface area contributed by atoms with Crippen molar-refractivity contribution in [2.75, 3.05) is 20.3 Å². The molecule has 0 spiro atoms. The molecule has 0 radical (unpaired) electrons. The lowest BCUT2D eigenvalue weighted by molar-refractivity contribution is 0.0288. The third-order valence-corrected chi connectivity index (χ3v) is 4.84. The van der Waals surface area contributed by atoms with Gasteiger partial charge < -0.3 is 14.0 Å². The molecule has 26 heavy (non-hydrogen) atoms. The molecule has 1 fully saturated rings. The maximum atomic E-state index is 6.03. The second-order valence-corrected chi connectivity index (χ2v) is 6.73. The topological polar surface area (TPSA) is 26.6 Å². The molecular weight excluding hydrogens is 324 g/mol. The van der Waals surface area contributed by atoms with E-state index in [4.69, 9.17) is 9.47 Å². The Labute approximate surface area is 154 Å². The number of aromatic nitrogens is 1. The van der Waals surface area contributed by atoms with E-state index in [1.807, 2.05) is 18.2 Å². The molecule has 1 atom stereocenters. The molecule has 1 saturated heterocycles. The van der Waals surface area contributed by atoms with Crippen molar-refractivity contribution in [2.24, 2.45) is 0 Å². The fourth-order valence-corrected chi connectivity index (χ4v) is 3.39. The standard InChI is InChI=1S/C22H24N2O2/c1-17-6-8-18(9-7-17)15-24-12-13-26-22(24)19-10-11-23(16-19)20-4-3-5-21(14-20)25-2/h3-11,14,16,22H,12-13,15H2,1-2H3/t22-/m0/s1. The summed E-state index contributed by atoms with van der Waals surface area (Å²) in [5.74, 6) is 0.857. The minimum atomic E-state index is 0.00293. The van der Waals surface area contributed by atoms with Gasteiger partial charge in [-0.15, -0.1) is 0 Å². The van der Waals surface area contributed by atoms with Crippen molar-refractivity contribution >= 4 is 0 Å². The van der Waals surface area contributed by atoms with E-state index >= 15 is 0 Å². The van der Waals surface area contributed by atoms with E-state index in [2.05, 4.69) is 65.2 Å². The van der Waals surface area contributed by atoms with Crippen LogP contribution in [-0.2, 0) is 11.3 Å². The molecule has 2 aromatic carbocycles. The quantitative estimate of drug-likeness (QED) is 0.687. The monoisotopic (exact) mass is 348 g/mol. The number of hydrogen-bond acceptors (Lipinski definition) is 3. The molecule has 0 bridgehead atoms. The van der Waals surface area contributed by atoms with Gasteiger partial charge in [0.25, 0.3) is 0 Å². The maximum Gasteiger partial charge on any atom is 0.138 e. The van der Waals surface area contributed by atoms with Crippen LogP contribution in [0.5, 0.6) is 5.75 Å². The Bertz CT molecular complexity index is 870. The third-order valence-electron chi connectivity index (χ3n) is 4.84. The number of aryl methyl sites for hydroxylation is 1. The smallest absolute Gasteiger partial charge is 0.138 e. The van der Waals surface area contributed by atoms with Crippen LogP contribution in [0, 0.1) is 6.92 Å². The minimum Gasteiger partial charge on any atom is -0.497 e. The molecule has 3 aromatic rings. The number of nitrogens with zero attached hydrogens (tertiary/aromatic N) is 2. The molecule has 0 N–H and O–H groups in total. The highest BCUT2D eigenvalue weighted by molar-refractivity contribution is 5.40. The van der Waals surface area contributed by atoms with Gasteiger partial charge in [0.05, 0.1) is 13.7 Å². The average molecular weight is 348 g/mol. The van der Waals surface area contributed by atoms with Gasteiger partial charge in [-0.05, 0) is 30.7 Å². The van der Waals surface area contributed by atoms with Crippen molar-refractivity contribution in [2.45, 2.75) is 19.7 Å². The van der Waals surface area contributed by atoms with Gasteiger partial charge in [-0.1, -0.05) is 35.9 Å². The van der Waals surface area contributed by atoms with Crippen molar-refractivity contribution < 1.29 is 9.47 Å². The molecule has 4 nitrogen and oxygen atoms in total. The van der Waals surface area contributed by atoms with Crippen LogP contribution in [0.4, 0.5) is 0 Å². The first-order valence-corrected chi connectivity index (χ1v) is 8.96. The largest absolute Gasteiger partial charge is 0.497 e. The lowest BCUT2D eigenvalue weighted by Gasteiger charge is -2.22. The van der Waals surface area contributed by atoms with Gasteiger partial charge in [0, 0.05) is 42.8 Å². The minimum absolute atomic E-state index is 0.00293. The fraction of sp³-hybridized carbons (Fsp3) is 0.273. The van der Waals surface area contributed by atoms with Gasteiger partial charge in [0.15, 0.2) is 0 Å². The van der Waals surface area contributed by atoms with Crippen LogP contribution in [0.1, 0.15) is 22.9 Å². The molecule has 4 heteroatoms. The first-order valence-electron chi connectivity index (χ1n) is 8.96. The van der Waals surface area contributed by atoms with E-state index in [9.17, 15) is 0 Å². The number of benzene rings is 2. The highest BCUT2D eigenvalue weighted by Crippen LogP contribution is 2.30. The van der Waals surface area contributed by atoms with Gasteiger partial charge in [-0.3, -0.25) is 4.90 Å².